The normalized spacial score (nSPS) is 30.7. The van der Waals surface area contributed by atoms with Gasteiger partial charge in [-0.05, 0) is 34.1 Å². The Morgan fingerprint density at radius 1 is 0.657 bits per heavy atom. The molecule has 3 rings (SSSR count). The molecule has 0 saturated carbocycles. The van der Waals surface area contributed by atoms with Gasteiger partial charge >= 0.3 is 5.97 Å². The number of unbranched alkanes of at least 4 members (excludes halogenated alkanes) is 12. The average molecular weight is 499 g/mol. The summed E-state index contributed by atoms with van der Waals surface area (Å²) in [7, 11) is 0. The highest BCUT2D eigenvalue weighted by molar-refractivity contribution is 5.69. The number of esters is 1. The standard InChI is InChI=1S/C28H50O7/c1-6-7-8-9-10-11-12-13-14-15-16-17-18-19-22(29)30-20-21-23-24(33-27(2,3)32-23)25-26(31-21)35-28(4,5)34-25/h21,23-26H,6-20H2,1-5H3/t21-,23+,24-,25+,26-/m0/s1. The van der Waals surface area contributed by atoms with Crippen LogP contribution in [0, 0.1) is 0 Å². The molecule has 0 aromatic rings. The molecule has 0 bridgehead atoms. The van der Waals surface area contributed by atoms with Crippen LogP contribution in [0.3, 0.4) is 0 Å². The SMILES string of the molecule is CCCCCCCCCCCCCCCC(=O)OC[C@@H]1O[C@H]2OC(C)(C)O[C@@H]2[C@H]2OC(C)(C)O[C@@H]21. The van der Waals surface area contributed by atoms with E-state index in [0.29, 0.717) is 6.42 Å². The van der Waals surface area contributed by atoms with E-state index < -0.39 is 24.0 Å². The van der Waals surface area contributed by atoms with E-state index >= 15 is 0 Å². The molecule has 3 aliphatic heterocycles. The molecule has 3 saturated heterocycles. The number of hydrogen-bond acceptors (Lipinski definition) is 7. The molecular weight excluding hydrogens is 448 g/mol. The van der Waals surface area contributed by atoms with Crippen molar-refractivity contribution in [3.63, 3.8) is 0 Å². The third-order valence-electron chi connectivity index (χ3n) is 7.14. The fraction of sp³-hybridized carbons (Fsp3) is 0.964. The van der Waals surface area contributed by atoms with Gasteiger partial charge in [-0.1, -0.05) is 84.0 Å². The smallest absolute Gasteiger partial charge is 0.305 e. The molecule has 5 atom stereocenters. The molecule has 7 heteroatoms. The first-order valence-corrected chi connectivity index (χ1v) is 14.2. The number of fused-ring (bicyclic) bond motifs is 3. The Morgan fingerprint density at radius 3 is 1.74 bits per heavy atom. The molecule has 7 nitrogen and oxygen atoms in total. The highest BCUT2D eigenvalue weighted by Gasteiger charge is 2.60. The molecule has 0 spiro atoms. The summed E-state index contributed by atoms with van der Waals surface area (Å²) in [4.78, 5) is 12.3. The third-order valence-corrected chi connectivity index (χ3v) is 7.14. The molecule has 3 heterocycles. The lowest BCUT2D eigenvalue weighted by Gasteiger charge is -2.36. The van der Waals surface area contributed by atoms with Crippen LogP contribution in [0.5, 0.6) is 0 Å². The van der Waals surface area contributed by atoms with Crippen LogP contribution in [0.25, 0.3) is 0 Å². The quantitative estimate of drug-likeness (QED) is 0.180. The van der Waals surface area contributed by atoms with Gasteiger partial charge in [0.25, 0.3) is 0 Å². The molecule has 3 aliphatic rings. The van der Waals surface area contributed by atoms with Gasteiger partial charge in [0.1, 0.15) is 31.0 Å². The van der Waals surface area contributed by atoms with E-state index in [1.54, 1.807) is 0 Å². The second-order valence-electron chi connectivity index (χ2n) is 11.4. The van der Waals surface area contributed by atoms with Crippen molar-refractivity contribution in [3.05, 3.63) is 0 Å². The maximum Gasteiger partial charge on any atom is 0.305 e. The summed E-state index contributed by atoms with van der Waals surface area (Å²) < 4.78 is 35.8. The summed E-state index contributed by atoms with van der Waals surface area (Å²) in [6.45, 7) is 9.86. The van der Waals surface area contributed by atoms with E-state index in [9.17, 15) is 4.79 Å². The number of carbonyl (C=O) groups excluding carboxylic acids is 1. The lowest BCUT2D eigenvalue weighted by Crippen LogP contribution is -2.56. The Morgan fingerprint density at radius 2 is 1.14 bits per heavy atom. The molecular formula is C28H50O7. The molecule has 0 N–H and O–H groups in total. The van der Waals surface area contributed by atoms with E-state index in [0.717, 1.165) is 12.8 Å². The number of rotatable bonds is 16. The first-order chi connectivity index (χ1) is 16.7. The summed E-state index contributed by atoms with van der Waals surface area (Å²) in [6.07, 6.45) is 15.1. The Balaban J connectivity index is 1.25. The van der Waals surface area contributed by atoms with Gasteiger partial charge < -0.3 is 28.4 Å². The molecule has 0 amide bonds. The van der Waals surface area contributed by atoms with Gasteiger partial charge in [0.15, 0.2) is 17.9 Å². The Bertz CT molecular complexity index is 635. The highest BCUT2D eigenvalue weighted by Crippen LogP contribution is 2.44. The van der Waals surface area contributed by atoms with Crippen molar-refractivity contribution in [2.45, 2.75) is 167 Å². The maximum atomic E-state index is 12.3. The lowest BCUT2D eigenvalue weighted by atomic mass is 9.99. The van der Waals surface area contributed by atoms with Gasteiger partial charge in [-0.2, -0.15) is 0 Å². The van der Waals surface area contributed by atoms with Crippen LogP contribution in [-0.2, 0) is 33.2 Å². The number of carbonyl (C=O) groups is 1. The van der Waals surface area contributed by atoms with Crippen LogP contribution in [0.2, 0.25) is 0 Å². The van der Waals surface area contributed by atoms with Gasteiger partial charge in [-0.15, -0.1) is 0 Å². The summed E-state index contributed by atoms with van der Waals surface area (Å²) in [5.74, 6) is -1.69. The topological polar surface area (TPSA) is 72.5 Å². The van der Waals surface area contributed by atoms with Gasteiger partial charge in [0.2, 0.25) is 0 Å². The van der Waals surface area contributed by atoms with Crippen LogP contribution >= 0.6 is 0 Å². The minimum absolute atomic E-state index is 0.130. The molecule has 35 heavy (non-hydrogen) atoms. The highest BCUT2D eigenvalue weighted by atomic mass is 16.9. The summed E-state index contributed by atoms with van der Waals surface area (Å²) in [5, 5.41) is 0. The Labute approximate surface area is 212 Å². The summed E-state index contributed by atoms with van der Waals surface area (Å²) in [5.41, 5.74) is 0. The second kappa shape index (κ2) is 13.7. The lowest BCUT2D eigenvalue weighted by molar-refractivity contribution is -0.242. The van der Waals surface area contributed by atoms with Crippen LogP contribution in [0.15, 0.2) is 0 Å². The van der Waals surface area contributed by atoms with Crippen molar-refractivity contribution in [3.8, 4) is 0 Å². The average Bonchev–Trinajstić information content (AvgIpc) is 3.29. The molecule has 204 valence electrons. The van der Waals surface area contributed by atoms with E-state index in [1.165, 1.54) is 70.6 Å². The third kappa shape index (κ3) is 9.26. The zero-order chi connectivity index (χ0) is 25.3. The van der Waals surface area contributed by atoms with Crippen LogP contribution in [0.4, 0.5) is 0 Å². The summed E-state index contributed by atoms with van der Waals surface area (Å²) in [6, 6.07) is 0. The predicted molar refractivity (Wildman–Crippen MR) is 134 cm³/mol. The van der Waals surface area contributed by atoms with Crippen molar-refractivity contribution in [2.75, 3.05) is 6.61 Å². The van der Waals surface area contributed by atoms with Crippen molar-refractivity contribution in [1.82, 2.24) is 0 Å². The molecule has 0 aromatic heterocycles. The van der Waals surface area contributed by atoms with Crippen molar-refractivity contribution >= 4 is 5.97 Å². The maximum absolute atomic E-state index is 12.3. The van der Waals surface area contributed by atoms with Gasteiger partial charge in [0, 0.05) is 6.42 Å². The molecule has 0 unspecified atom stereocenters. The van der Waals surface area contributed by atoms with E-state index in [-0.39, 0.29) is 30.9 Å². The molecule has 0 radical (unpaired) electrons. The first kappa shape index (κ1) is 28.8. The molecule has 0 aromatic carbocycles. The van der Waals surface area contributed by atoms with Crippen LogP contribution in [0.1, 0.15) is 125 Å². The monoisotopic (exact) mass is 498 g/mol. The predicted octanol–water partition coefficient (Wildman–Crippen LogP) is 6.41. The van der Waals surface area contributed by atoms with Gasteiger partial charge in [-0.3, -0.25) is 4.79 Å². The van der Waals surface area contributed by atoms with Crippen LogP contribution in [-0.4, -0.2) is 54.9 Å². The molecule has 0 aliphatic carbocycles. The van der Waals surface area contributed by atoms with E-state index in [2.05, 4.69) is 6.92 Å². The van der Waals surface area contributed by atoms with Gasteiger partial charge in [-0.25, -0.2) is 0 Å². The Kier molecular flexibility index (Phi) is 11.3. The number of ether oxygens (including phenoxy) is 6. The summed E-state index contributed by atoms with van der Waals surface area (Å²) >= 11 is 0. The zero-order valence-electron chi connectivity index (χ0n) is 22.9. The van der Waals surface area contributed by atoms with Crippen molar-refractivity contribution in [2.24, 2.45) is 0 Å². The largest absolute Gasteiger partial charge is 0.463 e. The second-order valence-corrected chi connectivity index (χ2v) is 11.4. The first-order valence-electron chi connectivity index (χ1n) is 14.2. The Hall–Kier alpha value is -0.730. The van der Waals surface area contributed by atoms with E-state index in [4.69, 9.17) is 28.4 Å². The number of hydrogen-bond donors (Lipinski definition) is 0. The van der Waals surface area contributed by atoms with Crippen LogP contribution < -0.4 is 0 Å². The fourth-order valence-electron chi connectivity index (χ4n) is 5.36. The fourth-order valence-corrected chi connectivity index (χ4v) is 5.36. The van der Waals surface area contributed by atoms with Crippen molar-refractivity contribution < 1.29 is 33.2 Å². The minimum Gasteiger partial charge on any atom is -0.463 e. The molecule has 3 fully saturated rings. The minimum atomic E-state index is -0.754. The van der Waals surface area contributed by atoms with E-state index in [1.807, 2.05) is 27.7 Å². The van der Waals surface area contributed by atoms with Gasteiger partial charge in [0.05, 0.1) is 0 Å². The van der Waals surface area contributed by atoms with Crippen molar-refractivity contribution in [1.29, 1.82) is 0 Å². The zero-order valence-corrected chi connectivity index (χ0v) is 22.9.